The fraction of sp³-hybridized carbons (Fsp3) is 0.250. The van der Waals surface area contributed by atoms with Gasteiger partial charge in [0.05, 0.1) is 10.9 Å². The topological polar surface area (TPSA) is 63.7 Å². The normalized spacial score (nSPS) is 12.9. The number of nitrogens with zero attached hydrogens (tertiary/aromatic N) is 1. The van der Waals surface area contributed by atoms with Gasteiger partial charge in [-0.1, -0.05) is 30.3 Å². The molecule has 2 rings (SSSR count). The SMILES string of the molecule is CC(c1ccc(S(C)(=O)=O)cc1)N(C)C(=O)C=Cc1ccccc1OC(F)F. The van der Waals surface area contributed by atoms with Crippen molar-refractivity contribution < 1.29 is 26.7 Å². The predicted octanol–water partition coefficient (Wildman–Crippen LogP) is 3.92. The first-order valence-electron chi connectivity index (χ1n) is 8.38. The van der Waals surface area contributed by atoms with Crippen molar-refractivity contribution in [1.29, 1.82) is 0 Å². The number of rotatable bonds is 7. The van der Waals surface area contributed by atoms with E-state index in [0.717, 1.165) is 11.8 Å². The maximum Gasteiger partial charge on any atom is 0.387 e. The molecule has 150 valence electrons. The van der Waals surface area contributed by atoms with Crippen molar-refractivity contribution in [3.8, 4) is 5.75 Å². The molecule has 0 aliphatic heterocycles. The second kappa shape index (κ2) is 8.97. The Labute approximate surface area is 163 Å². The van der Waals surface area contributed by atoms with Gasteiger partial charge in [0.15, 0.2) is 9.84 Å². The summed E-state index contributed by atoms with van der Waals surface area (Å²) in [4.78, 5) is 14.1. The molecule has 1 atom stereocenters. The van der Waals surface area contributed by atoms with Crippen LogP contribution in [0.15, 0.2) is 59.5 Å². The first-order chi connectivity index (χ1) is 13.1. The molecule has 0 heterocycles. The molecular formula is C20H21F2NO4S. The predicted molar refractivity (Wildman–Crippen MR) is 103 cm³/mol. The van der Waals surface area contributed by atoms with Crippen molar-refractivity contribution in [1.82, 2.24) is 4.90 Å². The molecule has 0 fully saturated rings. The number of benzene rings is 2. The number of ether oxygens (including phenoxy) is 1. The quantitative estimate of drug-likeness (QED) is 0.650. The molecule has 0 N–H and O–H groups in total. The minimum Gasteiger partial charge on any atom is -0.434 e. The molecule has 5 nitrogen and oxygen atoms in total. The van der Waals surface area contributed by atoms with Crippen LogP contribution in [0.25, 0.3) is 6.08 Å². The number of hydrogen-bond donors (Lipinski definition) is 0. The van der Waals surface area contributed by atoms with Crippen LogP contribution >= 0.6 is 0 Å². The van der Waals surface area contributed by atoms with E-state index in [2.05, 4.69) is 4.74 Å². The molecule has 28 heavy (non-hydrogen) atoms. The van der Waals surface area contributed by atoms with Crippen molar-refractivity contribution in [3.05, 3.63) is 65.7 Å². The summed E-state index contributed by atoms with van der Waals surface area (Å²) in [5.41, 5.74) is 1.12. The summed E-state index contributed by atoms with van der Waals surface area (Å²) >= 11 is 0. The molecule has 0 radical (unpaired) electrons. The zero-order valence-electron chi connectivity index (χ0n) is 15.7. The molecule has 0 aliphatic rings. The Bertz CT molecular complexity index is 956. The molecule has 0 saturated carbocycles. The Hall–Kier alpha value is -2.74. The van der Waals surface area contributed by atoms with E-state index in [1.54, 1.807) is 44.3 Å². The largest absolute Gasteiger partial charge is 0.434 e. The van der Waals surface area contributed by atoms with Gasteiger partial charge in [-0.05, 0) is 36.8 Å². The van der Waals surface area contributed by atoms with Crippen molar-refractivity contribution in [3.63, 3.8) is 0 Å². The van der Waals surface area contributed by atoms with Gasteiger partial charge in [-0.15, -0.1) is 0 Å². The summed E-state index contributed by atoms with van der Waals surface area (Å²) in [7, 11) is -1.69. The highest BCUT2D eigenvalue weighted by atomic mass is 32.2. The average molecular weight is 409 g/mol. The second-order valence-electron chi connectivity index (χ2n) is 6.22. The van der Waals surface area contributed by atoms with Gasteiger partial charge in [-0.25, -0.2) is 8.42 Å². The van der Waals surface area contributed by atoms with Crippen molar-refractivity contribution in [2.24, 2.45) is 0 Å². The van der Waals surface area contributed by atoms with Crippen LogP contribution in [-0.2, 0) is 14.6 Å². The summed E-state index contributed by atoms with van der Waals surface area (Å²) in [6.07, 6.45) is 3.81. The fourth-order valence-corrected chi connectivity index (χ4v) is 3.14. The number of likely N-dealkylation sites (N-methyl/N-ethyl adjacent to an activating group) is 1. The molecule has 0 bridgehead atoms. The smallest absolute Gasteiger partial charge is 0.387 e. The Morgan fingerprint density at radius 1 is 1.11 bits per heavy atom. The van der Waals surface area contributed by atoms with Crippen LogP contribution < -0.4 is 4.74 Å². The van der Waals surface area contributed by atoms with Gasteiger partial charge in [0.25, 0.3) is 0 Å². The van der Waals surface area contributed by atoms with E-state index in [1.165, 1.54) is 35.3 Å². The van der Waals surface area contributed by atoms with Crippen LogP contribution in [0.1, 0.15) is 24.1 Å². The summed E-state index contributed by atoms with van der Waals surface area (Å²) in [5, 5.41) is 0. The molecule has 2 aromatic rings. The third kappa shape index (κ3) is 5.63. The highest BCUT2D eigenvalue weighted by Crippen LogP contribution is 2.23. The summed E-state index contributed by atoms with van der Waals surface area (Å²) < 4.78 is 52.4. The second-order valence-corrected chi connectivity index (χ2v) is 8.23. The number of carbonyl (C=O) groups is 1. The van der Waals surface area contributed by atoms with E-state index in [1.807, 2.05) is 0 Å². The van der Waals surface area contributed by atoms with Crippen molar-refractivity contribution >= 4 is 21.8 Å². The van der Waals surface area contributed by atoms with E-state index in [0.29, 0.717) is 5.56 Å². The molecule has 1 unspecified atom stereocenters. The number of carbonyl (C=O) groups excluding carboxylic acids is 1. The van der Waals surface area contributed by atoms with Crippen LogP contribution in [0.2, 0.25) is 0 Å². The Morgan fingerprint density at radius 2 is 1.71 bits per heavy atom. The van der Waals surface area contributed by atoms with Gasteiger partial charge in [-0.2, -0.15) is 8.78 Å². The maximum absolute atomic E-state index is 12.5. The third-order valence-corrected chi connectivity index (χ3v) is 5.39. The van der Waals surface area contributed by atoms with Gasteiger partial charge in [0.2, 0.25) is 5.91 Å². The van der Waals surface area contributed by atoms with Crippen LogP contribution in [0.5, 0.6) is 5.75 Å². The first-order valence-corrected chi connectivity index (χ1v) is 10.3. The van der Waals surface area contributed by atoms with Gasteiger partial charge >= 0.3 is 6.61 Å². The molecule has 2 aromatic carbocycles. The van der Waals surface area contributed by atoms with Crippen molar-refractivity contribution in [2.75, 3.05) is 13.3 Å². The number of hydrogen-bond acceptors (Lipinski definition) is 4. The van der Waals surface area contributed by atoms with Gasteiger partial charge in [-0.3, -0.25) is 4.79 Å². The average Bonchev–Trinajstić information content (AvgIpc) is 2.65. The van der Waals surface area contributed by atoms with E-state index >= 15 is 0 Å². The number of alkyl halides is 2. The zero-order chi connectivity index (χ0) is 20.9. The first kappa shape index (κ1) is 21.6. The Kier molecular flexibility index (Phi) is 6.90. The van der Waals surface area contributed by atoms with E-state index in [-0.39, 0.29) is 22.6 Å². The van der Waals surface area contributed by atoms with Crippen molar-refractivity contribution in [2.45, 2.75) is 24.5 Å². The molecule has 1 amide bonds. The molecular weight excluding hydrogens is 388 g/mol. The van der Waals surface area contributed by atoms with Gasteiger partial charge in [0.1, 0.15) is 5.75 Å². The summed E-state index contributed by atoms with van der Waals surface area (Å²) in [5.74, 6) is -0.361. The monoisotopic (exact) mass is 409 g/mol. The number of amides is 1. The summed E-state index contributed by atoms with van der Waals surface area (Å²) in [6, 6.07) is 12.1. The molecule has 0 spiro atoms. The minimum absolute atomic E-state index is 0.0198. The van der Waals surface area contributed by atoms with Crippen LogP contribution in [0.4, 0.5) is 8.78 Å². The van der Waals surface area contributed by atoms with E-state index in [4.69, 9.17) is 0 Å². The van der Waals surface area contributed by atoms with Crippen LogP contribution in [0.3, 0.4) is 0 Å². The fourth-order valence-electron chi connectivity index (χ4n) is 2.51. The highest BCUT2D eigenvalue weighted by Gasteiger charge is 2.17. The van der Waals surface area contributed by atoms with E-state index < -0.39 is 16.4 Å². The van der Waals surface area contributed by atoms with Gasteiger partial charge < -0.3 is 9.64 Å². The lowest BCUT2D eigenvalue weighted by Crippen LogP contribution is -2.28. The number of para-hydroxylation sites is 1. The molecule has 0 saturated heterocycles. The Morgan fingerprint density at radius 3 is 2.29 bits per heavy atom. The number of sulfone groups is 1. The van der Waals surface area contributed by atoms with Crippen LogP contribution in [-0.4, -0.2) is 39.1 Å². The maximum atomic E-state index is 12.5. The minimum atomic E-state index is -3.29. The summed E-state index contributed by atoms with van der Waals surface area (Å²) in [6.45, 7) is -1.16. The molecule has 0 aromatic heterocycles. The molecule has 8 heteroatoms. The molecule has 0 aliphatic carbocycles. The highest BCUT2D eigenvalue weighted by molar-refractivity contribution is 7.90. The lowest BCUT2D eigenvalue weighted by atomic mass is 10.1. The van der Waals surface area contributed by atoms with E-state index in [9.17, 15) is 22.0 Å². The number of halogens is 2. The zero-order valence-corrected chi connectivity index (χ0v) is 16.5. The lowest BCUT2D eigenvalue weighted by molar-refractivity contribution is -0.126. The van der Waals surface area contributed by atoms with Crippen LogP contribution in [0, 0.1) is 0 Å². The third-order valence-electron chi connectivity index (χ3n) is 4.26. The lowest BCUT2D eigenvalue weighted by Gasteiger charge is -2.24. The standard InChI is InChI=1S/C20H21F2NO4S/c1-14(15-8-11-17(12-9-15)28(3,25)26)23(2)19(24)13-10-16-6-4-5-7-18(16)27-20(21)22/h4-14,20H,1-3H3. The Balaban J connectivity index is 2.13. The van der Waals surface area contributed by atoms with Gasteiger partial charge in [0, 0.05) is 24.9 Å².